The highest BCUT2D eigenvalue weighted by atomic mass is 16.2. The summed E-state index contributed by atoms with van der Waals surface area (Å²) >= 11 is 0. The van der Waals surface area contributed by atoms with E-state index in [1.54, 1.807) is 24.3 Å². The maximum atomic E-state index is 11.8. The zero-order valence-corrected chi connectivity index (χ0v) is 12.4. The molecule has 2 amide bonds. The van der Waals surface area contributed by atoms with Crippen molar-refractivity contribution >= 4 is 11.8 Å². The first-order valence-electron chi connectivity index (χ1n) is 7.40. The molecule has 1 fully saturated rings. The van der Waals surface area contributed by atoms with Crippen molar-refractivity contribution in [2.24, 2.45) is 5.41 Å². The van der Waals surface area contributed by atoms with Gasteiger partial charge in [0, 0.05) is 18.7 Å². The fraction of sp³-hybridized carbons (Fsp3) is 0.500. The molecule has 3 N–H and O–H groups in total. The van der Waals surface area contributed by atoms with E-state index >= 15 is 0 Å². The summed E-state index contributed by atoms with van der Waals surface area (Å²) in [6, 6.07) is 8.89. The molecule has 0 radical (unpaired) electrons. The van der Waals surface area contributed by atoms with E-state index in [4.69, 9.17) is 0 Å². The lowest BCUT2D eigenvalue weighted by molar-refractivity contribution is -0.120. The van der Waals surface area contributed by atoms with E-state index in [0.717, 1.165) is 25.9 Å². The first kappa shape index (κ1) is 15.5. The molecule has 1 saturated heterocycles. The molecular formula is C16H23N3O2. The summed E-state index contributed by atoms with van der Waals surface area (Å²) in [6.07, 6.45) is 2.24. The molecule has 2 rings (SSSR count). The third-order valence-electron chi connectivity index (χ3n) is 3.84. The Bertz CT molecular complexity index is 482. The largest absolute Gasteiger partial charge is 0.354 e. The van der Waals surface area contributed by atoms with Crippen molar-refractivity contribution < 1.29 is 9.59 Å². The molecule has 0 saturated carbocycles. The smallest absolute Gasteiger partial charge is 0.251 e. The summed E-state index contributed by atoms with van der Waals surface area (Å²) in [4.78, 5) is 23.6. The van der Waals surface area contributed by atoms with Crippen LogP contribution in [-0.4, -0.2) is 38.0 Å². The number of amides is 2. The summed E-state index contributed by atoms with van der Waals surface area (Å²) < 4.78 is 0. The molecule has 0 bridgehead atoms. The summed E-state index contributed by atoms with van der Waals surface area (Å²) in [7, 11) is 0. The number of piperidine rings is 1. The number of hydrogen-bond donors (Lipinski definition) is 3. The van der Waals surface area contributed by atoms with Gasteiger partial charge in [0.25, 0.3) is 5.91 Å². The Morgan fingerprint density at radius 3 is 2.67 bits per heavy atom. The number of carbonyl (C=O) groups is 2. The van der Waals surface area contributed by atoms with Gasteiger partial charge in [-0.25, -0.2) is 0 Å². The van der Waals surface area contributed by atoms with Crippen LogP contribution in [0.2, 0.25) is 0 Å². The van der Waals surface area contributed by atoms with E-state index in [1.165, 1.54) is 0 Å². The number of rotatable bonds is 5. The normalized spacial score (nSPS) is 21.6. The van der Waals surface area contributed by atoms with Crippen molar-refractivity contribution in [1.82, 2.24) is 16.0 Å². The molecule has 1 aromatic carbocycles. The summed E-state index contributed by atoms with van der Waals surface area (Å²) in [6.45, 7) is 4.79. The molecule has 21 heavy (non-hydrogen) atoms. The van der Waals surface area contributed by atoms with Crippen LogP contribution in [0.5, 0.6) is 0 Å². The minimum Gasteiger partial charge on any atom is -0.354 e. The highest BCUT2D eigenvalue weighted by Gasteiger charge is 2.26. The fourth-order valence-corrected chi connectivity index (χ4v) is 2.50. The van der Waals surface area contributed by atoms with Crippen LogP contribution in [0.4, 0.5) is 0 Å². The molecule has 0 spiro atoms. The second-order valence-corrected chi connectivity index (χ2v) is 5.92. The Labute approximate surface area is 125 Å². The predicted octanol–water partition coefficient (Wildman–Crippen LogP) is 0.922. The standard InChI is InChI=1S/C16H23N3O2/c1-16(8-5-9-17-11-16)12-19-14(20)10-18-15(21)13-6-3-2-4-7-13/h2-4,6-7,17H,5,8-12H2,1H3,(H,18,21)(H,19,20). The number of carbonyl (C=O) groups excluding carboxylic acids is 2. The topological polar surface area (TPSA) is 70.2 Å². The minimum atomic E-state index is -0.226. The third kappa shape index (κ3) is 4.86. The van der Waals surface area contributed by atoms with Crippen molar-refractivity contribution in [1.29, 1.82) is 0 Å². The Balaban J connectivity index is 1.71. The van der Waals surface area contributed by atoms with E-state index in [1.807, 2.05) is 6.07 Å². The van der Waals surface area contributed by atoms with Crippen molar-refractivity contribution in [3.05, 3.63) is 35.9 Å². The molecule has 0 aromatic heterocycles. The van der Waals surface area contributed by atoms with Gasteiger partial charge < -0.3 is 16.0 Å². The van der Waals surface area contributed by atoms with Gasteiger partial charge in [0.05, 0.1) is 6.54 Å². The monoisotopic (exact) mass is 289 g/mol. The molecule has 1 heterocycles. The van der Waals surface area contributed by atoms with Gasteiger partial charge in [-0.05, 0) is 36.9 Å². The van der Waals surface area contributed by atoms with Crippen LogP contribution in [0, 0.1) is 5.41 Å². The molecule has 1 atom stereocenters. The van der Waals surface area contributed by atoms with Gasteiger partial charge in [0.2, 0.25) is 5.91 Å². The molecule has 1 unspecified atom stereocenters. The lowest BCUT2D eigenvalue weighted by atomic mass is 9.83. The van der Waals surface area contributed by atoms with Crippen molar-refractivity contribution in [2.75, 3.05) is 26.2 Å². The Morgan fingerprint density at radius 2 is 2.00 bits per heavy atom. The molecule has 0 aliphatic carbocycles. The Hall–Kier alpha value is -1.88. The van der Waals surface area contributed by atoms with Crippen molar-refractivity contribution in [2.45, 2.75) is 19.8 Å². The van der Waals surface area contributed by atoms with Crippen LogP contribution in [0.25, 0.3) is 0 Å². The van der Waals surface area contributed by atoms with Gasteiger partial charge in [0.15, 0.2) is 0 Å². The number of nitrogens with one attached hydrogen (secondary N) is 3. The van der Waals surface area contributed by atoms with Gasteiger partial charge in [-0.3, -0.25) is 9.59 Å². The minimum absolute atomic E-state index is 0.0111. The van der Waals surface area contributed by atoms with Crippen LogP contribution in [-0.2, 0) is 4.79 Å². The van der Waals surface area contributed by atoms with Crippen LogP contribution < -0.4 is 16.0 Å². The number of benzene rings is 1. The zero-order chi connectivity index (χ0) is 15.1. The molecule has 1 aliphatic heterocycles. The SMILES string of the molecule is CC1(CNC(=O)CNC(=O)c2ccccc2)CCCNC1. The summed E-state index contributed by atoms with van der Waals surface area (Å²) in [5, 5.41) is 8.89. The highest BCUT2D eigenvalue weighted by Crippen LogP contribution is 2.23. The van der Waals surface area contributed by atoms with Gasteiger partial charge in [-0.2, -0.15) is 0 Å². The molecule has 5 heteroatoms. The van der Waals surface area contributed by atoms with Crippen LogP contribution in [0.1, 0.15) is 30.1 Å². The van der Waals surface area contributed by atoms with E-state index in [-0.39, 0.29) is 23.8 Å². The lowest BCUT2D eigenvalue weighted by Gasteiger charge is -2.34. The van der Waals surface area contributed by atoms with Gasteiger partial charge in [-0.15, -0.1) is 0 Å². The quantitative estimate of drug-likeness (QED) is 0.755. The van der Waals surface area contributed by atoms with Gasteiger partial charge >= 0.3 is 0 Å². The molecule has 5 nitrogen and oxygen atoms in total. The summed E-state index contributed by atoms with van der Waals surface area (Å²) in [5.74, 6) is -0.373. The highest BCUT2D eigenvalue weighted by molar-refractivity contribution is 5.96. The fourth-order valence-electron chi connectivity index (χ4n) is 2.50. The predicted molar refractivity (Wildman–Crippen MR) is 82.0 cm³/mol. The molecule has 114 valence electrons. The Kier molecular flexibility index (Phi) is 5.33. The lowest BCUT2D eigenvalue weighted by Crippen LogP contribution is -2.47. The van der Waals surface area contributed by atoms with E-state index in [9.17, 15) is 9.59 Å². The maximum absolute atomic E-state index is 11.8. The summed E-state index contributed by atoms with van der Waals surface area (Å²) in [5.41, 5.74) is 0.672. The van der Waals surface area contributed by atoms with Gasteiger partial charge in [-0.1, -0.05) is 25.1 Å². The average Bonchev–Trinajstić information content (AvgIpc) is 2.52. The molecular weight excluding hydrogens is 266 g/mol. The third-order valence-corrected chi connectivity index (χ3v) is 3.84. The Morgan fingerprint density at radius 1 is 1.24 bits per heavy atom. The van der Waals surface area contributed by atoms with Gasteiger partial charge in [0.1, 0.15) is 0 Å². The van der Waals surface area contributed by atoms with Crippen molar-refractivity contribution in [3.8, 4) is 0 Å². The van der Waals surface area contributed by atoms with Crippen molar-refractivity contribution in [3.63, 3.8) is 0 Å². The maximum Gasteiger partial charge on any atom is 0.251 e. The molecule has 1 aliphatic rings. The second-order valence-electron chi connectivity index (χ2n) is 5.92. The average molecular weight is 289 g/mol. The van der Waals surface area contributed by atoms with E-state index < -0.39 is 0 Å². The van der Waals surface area contributed by atoms with E-state index in [2.05, 4.69) is 22.9 Å². The van der Waals surface area contributed by atoms with E-state index in [0.29, 0.717) is 12.1 Å². The van der Waals surface area contributed by atoms with Crippen LogP contribution >= 0.6 is 0 Å². The first-order valence-corrected chi connectivity index (χ1v) is 7.40. The number of hydrogen-bond acceptors (Lipinski definition) is 3. The molecule has 1 aromatic rings. The van der Waals surface area contributed by atoms with Crippen LogP contribution in [0.3, 0.4) is 0 Å². The second kappa shape index (κ2) is 7.22. The van der Waals surface area contributed by atoms with Crippen LogP contribution in [0.15, 0.2) is 30.3 Å². The first-order chi connectivity index (χ1) is 10.1. The zero-order valence-electron chi connectivity index (χ0n) is 12.4.